The van der Waals surface area contributed by atoms with E-state index in [2.05, 4.69) is 4.98 Å². The average molecular weight is 266 g/mol. The summed E-state index contributed by atoms with van der Waals surface area (Å²) in [5.74, 6) is 0. The Hall–Kier alpha value is -1.62. The summed E-state index contributed by atoms with van der Waals surface area (Å²) in [5.41, 5.74) is 0.412. The zero-order valence-electron chi connectivity index (χ0n) is 11.8. The molecule has 1 heterocycles. The van der Waals surface area contributed by atoms with Crippen LogP contribution in [0.2, 0.25) is 0 Å². The predicted molar refractivity (Wildman–Crippen MR) is 72.6 cm³/mol. The smallest absolute Gasteiger partial charge is 0.410 e. The van der Waals surface area contributed by atoms with E-state index in [0.717, 1.165) is 5.56 Å². The molecular weight excluding hydrogens is 244 g/mol. The third kappa shape index (κ3) is 6.20. The Kier molecular flexibility index (Phi) is 5.76. The Morgan fingerprint density at radius 2 is 2.21 bits per heavy atom. The van der Waals surface area contributed by atoms with E-state index in [1.807, 2.05) is 32.9 Å². The minimum atomic E-state index is -0.524. The largest absolute Gasteiger partial charge is 0.444 e. The lowest BCUT2D eigenvalue weighted by Crippen LogP contribution is -2.37. The van der Waals surface area contributed by atoms with E-state index in [-0.39, 0.29) is 12.7 Å². The third-order valence-corrected chi connectivity index (χ3v) is 2.33. The van der Waals surface area contributed by atoms with Crippen LogP contribution in [0.1, 0.15) is 32.8 Å². The fourth-order valence-electron chi connectivity index (χ4n) is 1.53. The number of ether oxygens (including phenoxy) is 1. The zero-order chi connectivity index (χ0) is 14.3. The Balaban J connectivity index is 2.68. The van der Waals surface area contributed by atoms with Gasteiger partial charge in [-0.3, -0.25) is 4.98 Å². The first-order chi connectivity index (χ1) is 8.92. The minimum absolute atomic E-state index is 0.0480. The molecule has 0 radical (unpaired) electrons. The third-order valence-electron chi connectivity index (χ3n) is 2.33. The SMILES string of the molecule is CC(C)(C)OC(=O)N(CCCO)Cc1cccnc1. The average Bonchev–Trinajstić information content (AvgIpc) is 2.33. The van der Waals surface area contributed by atoms with E-state index in [1.165, 1.54) is 0 Å². The van der Waals surface area contributed by atoms with Gasteiger partial charge in [-0.25, -0.2) is 4.79 Å². The van der Waals surface area contributed by atoms with Crippen molar-refractivity contribution in [3.8, 4) is 0 Å². The van der Waals surface area contributed by atoms with Crippen molar-refractivity contribution in [2.45, 2.75) is 39.3 Å². The van der Waals surface area contributed by atoms with Gasteiger partial charge in [0.15, 0.2) is 0 Å². The molecule has 1 rings (SSSR count). The molecule has 0 fully saturated rings. The predicted octanol–water partition coefficient (Wildman–Crippen LogP) is 2.20. The van der Waals surface area contributed by atoms with Crippen LogP contribution in [0.15, 0.2) is 24.5 Å². The lowest BCUT2D eigenvalue weighted by Gasteiger charge is -2.27. The fraction of sp³-hybridized carbons (Fsp3) is 0.571. The number of hydrogen-bond donors (Lipinski definition) is 1. The molecule has 19 heavy (non-hydrogen) atoms. The van der Waals surface area contributed by atoms with E-state index in [0.29, 0.717) is 19.5 Å². The van der Waals surface area contributed by atoms with E-state index >= 15 is 0 Å². The maximum Gasteiger partial charge on any atom is 0.410 e. The van der Waals surface area contributed by atoms with Gasteiger partial charge in [0.2, 0.25) is 0 Å². The number of amides is 1. The number of nitrogens with zero attached hydrogens (tertiary/aromatic N) is 2. The maximum atomic E-state index is 12.1. The molecule has 0 aliphatic heterocycles. The van der Waals surface area contributed by atoms with Gasteiger partial charge in [-0.05, 0) is 38.8 Å². The first kappa shape index (κ1) is 15.4. The summed E-state index contributed by atoms with van der Waals surface area (Å²) < 4.78 is 5.35. The van der Waals surface area contributed by atoms with Gasteiger partial charge in [-0.1, -0.05) is 6.07 Å². The highest BCUT2D eigenvalue weighted by molar-refractivity contribution is 5.68. The van der Waals surface area contributed by atoms with Crippen LogP contribution in [0.5, 0.6) is 0 Å². The van der Waals surface area contributed by atoms with Crippen molar-refractivity contribution in [1.82, 2.24) is 9.88 Å². The molecule has 5 nitrogen and oxygen atoms in total. The number of aliphatic hydroxyl groups is 1. The Morgan fingerprint density at radius 3 is 2.74 bits per heavy atom. The van der Waals surface area contributed by atoms with Crippen LogP contribution >= 0.6 is 0 Å². The van der Waals surface area contributed by atoms with E-state index in [9.17, 15) is 4.79 Å². The summed E-state index contributed by atoms with van der Waals surface area (Å²) in [7, 11) is 0. The Labute approximate surface area is 114 Å². The second-order valence-corrected chi connectivity index (χ2v) is 5.34. The van der Waals surface area contributed by atoms with Crippen molar-refractivity contribution in [2.24, 2.45) is 0 Å². The molecule has 106 valence electrons. The highest BCUT2D eigenvalue weighted by Crippen LogP contribution is 2.12. The lowest BCUT2D eigenvalue weighted by molar-refractivity contribution is 0.0223. The monoisotopic (exact) mass is 266 g/mol. The van der Waals surface area contributed by atoms with Gasteiger partial charge < -0.3 is 14.7 Å². The first-order valence-electron chi connectivity index (χ1n) is 6.40. The van der Waals surface area contributed by atoms with Crippen molar-refractivity contribution in [3.05, 3.63) is 30.1 Å². The fourth-order valence-corrected chi connectivity index (χ4v) is 1.53. The van der Waals surface area contributed by atoms with Crippen molar-refractivity contribution in [2.75, 3.05) is 13.2 Å². The van der Waals surface area contributed by atoms with Gasteiger partial charge in [0.25, 0.3) is 0 Å². The minimum Gasteiger partial charge on any atom is -0.444 e. The second-order valence-electron chi connectivity index (χ2n) is 5.34. The molecule has 0 bridgehead atoms. The number of aliphatic hydroxyl groups excluding tert-OH is 1. The summed E-state index contributed by atoms with van der Waals surface area (Å²) in [4.78, 5) is 17.7. The van der Waals surface area contributed by atoms with Gasteiger partial charge in [-0.15, -0.1) is 0 Å². The normalized spacial score (nSPS) is 11.2. The first-order valence-corrected chi connectivity index (χ1v) is 6.40. The number of hydrogen-bond acceptors (Lipinski definition) is 4. The molecule has 0 aromatic carbocycles. The van der Waals surface area contributed by atoms with Crippen molar-refractivity contribution < 1.29 is 14.6 Å². The topological polar surface area (TPSA) is 62.7 Å². The second kappa shape index (κ2) is 7.09. The quantitative estimate of drug-likeness (QED) is 0.887. The Bertz CT molecular complexity index is 387. The highest BCUT2D eigenvalue weighted by Gasteiger charge is 2.21. The van der Waals surface area contributed by atoms with Gasteiger partial charge in [0.1, 0.15) is 5.60 Å². The van der Waals surface area contributed by atoms with Crippen LogP contribution in [0.25, 0.3) is 0 Å². The van der Waals surface area contributed by atoms with Crippen LogP contribution < -0.4 is 0 Å². The number of pyridine rings is 1. The molecular formula is C14H22N2O3. The van der Waals surface area contributed by atoms with Gasteiger partial charge in [-0.2, -0.15) is 0 Å². The van der Waals surface area contributed by atoms with Crippen LogP contribution in [-0.4, -0.2) is 39.8 Å². The van der Waals surface area contributed by atoms with Gasteiger partial charge >= 0.3 is 6.09 Å². The van der Waals surface area contributed by atoms with Crippen LogP contribution in [0, 0.1) is 0 Å². The van der Waals surface area contributed by atoms with E-state index < -0.39 is 5.60 Å². The van der Waals surface area contributed by atoms with Crippen LogP contribution in [0.3, 0.4) is 0 Å². The summed E-state index contributed by atoms with van der Waals surface area (Å²) in [6, 6.07) is 3.73. The molecule has 0 atom stereocenters. The summed E-state index contributed by atoms with van der Waals surface area (Å²) >= 11 is 0. The summed E-state index contributed by atoms with van der Waals surface area (Å²) in [5, 5.41) is 8.90. The van der Waals surface area contributed by atoms with Crippen LogP contribution in [0.4, 0.5) is 4.79 Å². The number of rotatable bonds is 5. The van der Waals surface area contributed by atoms with Crippen molar-refractivity contribution in [3.63, 3.8) is 0 Å². The summed E-state index contributed by atoms with van der Waals surface area (Å²) in [6.45, 7) is 6.44. The molecule has 1 N–H and O–H groups in total. The standard InChI is InChI=1S/C14H22N2O3/c1-14(2,3)19-13(18)16(8-5-9-17)11-12-6-4-7-15-10-12/h4,6-7,10,17H,5,8-9,11H2,1-3H3. The molecule has 0 aliphatic carbocycles. The molecule has 0 aliphatic rings. The lowest BCUT2D eigenvalue weighted by atomic mass is 10.2. The molecule has 0 unspecified atom stereocenters. The van der Waals surface area contributed by atoms with Crippen molar-refractivity contribution >= 4 is 6.09 Å². The zero-order valence-corrected chi connectivity index (χ0v) is 11.8. The molecule has 1 aromatic rings. The molecule has 1 amide bonds. The van der Waals surface area contributed by atoms with Crippen molar-refractivity contribution in [1.29, 1.82) is 0 Å². The van der Waals surface area contributed by atoms with Crippen LogP contribution in [-0.2, 0) is 11.3 Å². The van der Waals surface area contributed by atoms with Gasteiger partial charge in [0.05, 0.1) is 6.54 Å². The highest BCUT2D eigenvalue weighted by atomic mass is 16.6. The number of aromatic nitrogens is 1. The maximum absolute atomic E-state index is 12.1. The van der Waals surface area contributed by atoms with E-state index in [1.54, 1.807) is 17.3 Å². The molecule has 5 heteroatoms. The molecule has 0 saturated carbocycles. The number of carbonyl (C=O) groups is 1. The number of carbonyl (C=O) groups excluding carboxylic acids is 1. The van der Waals surface area contributed by atoms with Gasteiger partial charge in [0, 0.05) is 25.5 Å². The summed E-state index contributed by atoms with van der Waals surface area (Å²) in [6.07, 6.45) is 3.56. The van der Waals surface area contributed by atoms with E-state index in [4.69, 9.17) is 9.84 Å². The molecule has 0 spiro atoms. The molecule has 1 aromatic heterocycles. The molecule has 0 saturated heterocycles. The Morgan fingerprint density at radius 1 is 1.47 bits per heavy atom.